The van der Waals surface area contributed by atoms with Crippen molar-refractivity contribution >= 4 is 23.4 Å². The molecule has 1 aromatic carbocycles. The minimum atomic E-state index is -0.882. The number of anilines is 1. The quantitative estimate of drug-likeness (QED) is 0.590. The number of hydrazine groups is 1. The molecule has 1 fully saturated rings. The number of carbonyl (C=O) groups excluding carboxylic acids is 1. The molecule has 1 saturated carbocycles. The number of carbonyl (C=O) groups is 1. The smallest absolute Gasteiger partial charge is 0.251 e. The molecule has 0 radical (unpaired) electrons. The maximum absolute atomic E-state index is 13.6. The van der Waals surface area contributed by atoms with Gasteiger partial charge in [-0.25, -0.2) is 8.78 Å². The van der Waals surface area contributed by atoms with Gasteiger partial charge in [0.15, 0.2) is 11.6 Å². The first-order chi connectivity index (χ1) is 10.1. The van der Waals surface area contributed by atoms with Gasteiger partial charge in [0.25, 0.3) is 5.91 Å². The summed E-state index contributed by atoms with van der Waals surface area (Å²) in [6, 6.07) is 2.02. The average molecular weight is 315 g/mol. The van der Waals surface area contributed by atoms with Crippen molar-refractivity contribution in [3.63, 3.8) is 0 Å². The fraction of sp³-hybridized carbons (Fsp3) is 0.500. The predicted octanol–water partition coefficient (Wildman–Crippen LogP) is 2.65. The third kappa shape index (κ3) is 3.65. The summed E-state index contributed by atoms with van der Waals surface area (Å²) in [5.41, 5.74) is 1.47. The van der Waals surface area contributed by atoms with E-state index in [1.807, 2.05) is 11.7 Å². The van der Waals surface area contributed by atoms with Crippen LogP contribution in [0.5, 0.6) is 0 Å². The Bertz CT molecular complexity index is 504. The first kappa shape index (κ1) is 16.0. The standard InChI is InChI=1S/C14H19F2N3OS/c1-21-12-5-3-2-4-11(12)18-14(20)8-6-9(15)13(19-17)10(16)7-8/h6-7,11-12,19H,2-5,17H2,1H3,(H,18,20). The van der Waals surface area contributed by atoms with Crippen molar-refractivity contribution in [3.05, 3.63) is 29.3 Å². The number of nitrogen functional groups attached to an aromatic ring is 1. The molecule has 21 heavy (non-hydrogen) atoms. The zero-order valence-corrected chi connectivity index (χ0v) is 12.6. The lowest BCUT2D eigenvalue weighted by Crippen LogP contribution is -2.43. The first-order valence-corrected chi connectivity index (χ1v) is 8.15. The molecule has 0 aliphatic heterocycles. The zero-order valence-electron chi connectivity index (χ0n) is 11.8. The van der Waals surface area contributed by atoms with Crippen LogP contribution in [0.15, 0.2) is 12.1 Å². The Hall–Kier alpha value is -1.34. The molecule has 1 amide bonds. The van der Waals surface area contributed by atoms with Crippen LogP contribution in [-0.2, 0) is 0 Å². The molecule has 1 aromatic rings. The van der Waals surface area contributed by atoms with Crippen molar-refractivity contribution in [1.29, 1.82) is 0 Å². The Morgan fingerprint density at radius 3 is 2.48 bits per heavy atom. The lowest BCUT2D eigenvalue weighted by molar-refractivity contribution is 0.0928. The van der Waals surface area contributed by atoms with E-state index in [9.17, 15) is 13.6 Å². The normalized spacial score (nSPS) is 21.9. The van der Waals surface area contributed by atoms with Crippen molar-refractivity contribution in [2.45, 2.75) is 37.0 Å². The van der Waals surface area contributed by atoms with E-state index < -0.39 is 23.2 Å². The molecule has 0 bridgehead atoms. The maximum Gasteiger partial charge on any atom is 0.251 e. The number of halogens is 2. The molecule has 0 saturated heterocycles. The van der Waals surface area contributed by atoms with E-state index in [4.69, 9.17) is 5.84 Å². The summed E-state index contributed by atoms with van der Waals surface area (Å²) in [5.74, 6) is 2.81. The SMILES string of the molecule is CSC1CCCCC1NC(=O)c1cc(F)c(NN)c(F)c1. The van der Waals surface area contributed by atoms with Gasteiger partial charge in [-0.1, -0.05) is 12.8 Å². The number of hydrogen-bond acceptors (Lipinski definition) is 4. The lowest BCUT2D eigenvalue weighted by atomic mass is 9.94. The Kier molecular flexibility index (Phi) is 5.41. The van der Waals surface area contributed by atoms with Crippen LogP contribution in [0.3, 0.4) is 0 Å². The molecule has 0 spiro atoms. The fourth-order valence-electron chi connectivity index (χ4n) is 2.64. The lowest BCUT2D eigenvalue weighted by Gasteiger charge is -2.31. The van der Waals surface area contributed by atoms with Crippen LogP contribution in [0.1, 0.15) is 36.0 Å². The fourth-order valence-corrected chi connectivity index (χ4v) is 3.57. The molecule has 1 aliphatic carbocycles. The van der Waals surface area contributed by atoms with Gasteiger partial charge >= 0.3 is 0 Å². The van der Waals surface area contributed by atoms with Gasteiger partial charge in [0.1, 0.15) is 5.69 Å². The van der Waals surface area contributed by atoms with Crippen LogP contribution in [0.25, 0.3) is 0 Å². The highest BCUT2D eigenvalue weighted by Crippen LogP contribution is 2.27. The van der Waals surface area contributed by atoms with Gasteiger partial charge in [0.2, 0.25) is 0 Å². The first-order valence-electron chi connectivity index (χ1n) is 6.86. The third-order valence-corrected chi connectivity index (χ3v) is 4.94. The second-order valence-electron chi connectivity index (χ2n) is 5.10. The van der Waals surface area contributed by atoms with Crippen molar-refractivity contribution < 1.29 is 13.6 Å². The molecule has 2 atom stereocenters. The number of nitrogens with one attached hydrogen (secondary N) is 2. The van der Waals surface area contributed by atoms with Gasteiger partial charge in [0.05, 0.1) is 0 Å². The number of benzene rings is 1. The molecule has 2 rings (SSSR count). The van der Waals surface area contributed by atoms with Crippen LogP contribution in [0.4, 0.5) is 14.5 Å². The summed E-state index contributed by atoms with van der Waals surface area (Å²) in [6.45, 7) is 0. The highest BCUT2D eigenvalue weighted by molar-refractivity contribution is 7.99. The second kappa shape index (κ2) is 7.09. The summed E-state index contributed by atoms with van der Waals surface area (Å²) in [4.78, 5) is 12.2. The van der Waals surface area contributed by atoms with Crippen LogP contribution in [-0.4, -0.2) is 23.5 Å². The molecule has 4 N–H and O–H groups in total. The topological polar surface area (TPSA) is 67.2 Å². The summed E-state index contributed by atoms with van der Waals surface area (Å²) in [6.07, 6.45) is 6.16. The van der Waals surface area contributed by atoms with Crippen molar-refractivity contribution in [3.8, 4) is 0 Å². The van der Waals surface area contributed by atoms with E-state index in [1.54, 1.807) is 11.8 Å². The molecular formula is C14H19F2N3OS. The van der Waals surface area contributed by atoms with Gasteiger partial charge in [-0.3, -0.25) is 10.6 Å². The van der Waals surface area contributed by atoms with Crippen LogP contribution < -0.4 is 16.6 Å². The Balaban J connectivity index is 2.13. The molecule has 7 heteroatoms. The molecule has 1 aliphatic rings. The van der Waals surface area contributed by atoms with E-state index >= 15 is 0 Å². The summed E-state index contributed by atoms with van der Waals surface area (Å²) < 4.78 is 27.3. The largest absolute Gasteiger partial charge is 0.348 e. The average Bonchev–Trinajstić information content (AvgIpc) is 2.47. The highest BCUT2D eigenvalue weighted by Gasteiger charge is 2.26. The number of hydrogen-bond donors (Lipinski definition) is 3. The van der Waals surface area contributed by atoms with Gasteiger partial charge in [0, 0.05) is 16.9 Å². The molecule has 2 unspecified atom stereocenters. The Morgan fingerprint density at radius 1 is 1.29 bits per heavy atom. The zero-order chi connectivity index (χ0) is 15.4. The summed E-state index contributed by atoms with van der Waals surface area (Å²) in [5, 5.41) is 3.23. The number of amides is 1. The van der Waals surface area contributed by atoms with E-state index in [1.165, 1.54) is 0 Å². The van der Waals surface area contributed by atoms with Gasteiger partial charge in [-0.2, -0.15) is 11.8 Å². The van der Waals surface area contributed by atoms with Crippen LogP contribution in [0.2, 0.25) is 0 Å². The maximum atomic E-state index is 13.6. The number of nitrogens with two attached hydrogens (primary N) is 1. The minimum Gasteiger partial charge on any atom is -0.348 e. The van der Waals surface area contributed by atoms with Gasteiger partial charge in [-0.05, 0) is 31.2 Å². The minimum absolute atomic E-state index is 0.0329. The van der Waals surface area contributed by atoms with E-state index in [0.717, 1.165) is 37.8 Å². The molecule has 0 aromatic heterocycles. The monoisotopic (exact) mass is 315 g/mol. The third-order valence-electron chi connectivity index (χ3n) is 3.77. The molecule has 0 heterocycles. The highest BCUT2D eigenvalue weighted by atomic mass is 32.2. The summed E-state index contributed by atoms with van der Waals surface area (Å²) >= 11 is 1.71. The van der Waals surface area contributed by atoms with Gasteiger partial charge < -0.3 is 10.7 Å². The van der Waals surface area contributed by atoms with E-state index in [0.29, 0.717) is 5.25 Å². The molecule has 4 nitrogen and oxygen atoms in total. The van der Waals surface area contributed by atoms with Crippen molar-refractivity contribution in [1.82, 2.24) is 5.32 Å². The van der Waals surface area contributed by atoms with Gasteiger partial charge in [-0.15, -0.1) is 0 Å². The second-order valence-corrected chi connectivity index (χ2v) is 6.17. The Labute approximate surface area is 126 Å². The predicted molar refractivity (Wildman–Crippen MR) is 81.2 cm³/mol. The molecule has 116 valence electrons. The molecular weight excluding hydrogens is 296 g/mol. The number of thioether (sulfide) groups is 1. The van der Waals surface area contributed by atoms with E-state index in [-0.39, 0.29) is 11.6 Å². The van der Waals surface area contributed by atoms with Crippen molar-refractivity contribution in [2.75, 3.05) is 11.7 Å². The van der Waals surface area contributed by atoms with Crippen LogP contribution >= 0.6 is 11.8 Å². The van der Waals surface area contributed by atoms with Crippen molar-refractivity contribution in [2.24, 2.45) is 5.84 Å². The van der Waals surface area contributed by atoms with E-state index in [2.05, 4.69) is 5.32 Å². The van der Waals surface area contributed by atoms with Crippen LogP contribution in [0, 0.1) is 11.6 Å². The number of rotatable bonds is 4. The Morgan fingerprint density at radius 2 is 1.90 bits per heavy atom. The summed E-state index contributed by atoms with van der Waals surface area (Å²) in [7, 11) is 0.